The predicted molar refractivity (Wildman–Crippen MR) is 127 cm³/mol. The summed E-state index contributed by atoms with van der Waals surface area (Å²) < 4.78 is 1.76. The van der Waals surface area contributed by atoms with Crippen LogP contribution in [0.25, 0.3) is 11.8 Å². The van der Waals surface area contributed by atoms with Gasteiger partial charge >= 0.3 is 0 Å². The van der Waals surface area contributed by atoms with Crippen molar-refractivity contribution in [2.75, 3.05) is 12.4 Å². The first kappa shape index (κ1) is 21.6. The second-order valence-corrected chi connectivity index (χ2v) is 8.16. The molecule has 0 saturated heterocycles. The largest absolute Gasteiger partial charge is 0.339 e. The number of anilines is 1. The lowest BCUT2D eigenvalue weighted by molar-refractivity contribution is -0.111. The number of aromatic nitrogens is 2. The van der Waals surface area contributed by atoms with Gasteiger partial charge in [-0.1, -0.05) is 37.5 Å². The fourth-order valence-electron chi connectivity index (χ4n) is 4.03. The Morgan fingerprint density at radius 3 is 2.47 bits per heavy atom. The zero-order valence-corrected chi connectivity index (χ0v) is 18.3. The molecule has 0 atom stereocenters. The molecule has 164 valence electrons. The molecule has 0 spiro atoms. The molecular formula is C26H28N4O2. The van der Waals surface area contributed by atoms with Gasteiger partial charge in [-0.2, -0.15) is 5.10 Å². The first-order valence-electron chi connectivity index (χ1n) is 11.1. The Hall–Kier alpha value is -3.67. The van der Waals surface area contributed by atoms with Crippen LogP contribution < -0.4 is 5.32 Å². The third-order valence-corrected chi connectivity index (χ3v) is 5.89. The second kappa shape index (κ2) is 10.1. The first-order chi connectivity index (χ1) is 15.6. The van der Waals surface area contributed by atoms with E-state index in [0.29, 0.717) is 17.3 Å². The van der Waals surface area contributed by atoms with Gasteiger partial charge in [0.05, 0.1) is 11.9 Å². The van der Waals surface area contributed by atoms with Crippen LogP contribution in [0.15, 0.2) is 73.1 Å². The molecule has 1 fully saturated rings. The van der Waals surface area contributed by atoms with Gasteiger partial charge < -0.3 is 10.2 Å². The fourth-order valence-corrected chi connectivity index (χ4v) is 4.03. The molecule has 1 saturated carbocycles. The monoisotopic (exact) mass is 428 g/mol. The molecule has 0 bridgehead atoms. The molecular weight excluding hydrogens is 400 g/mol. The molecule has 6 nitrogen and oxygen atoms in total. The van der Waals surface area contributed by atoms with Crippen molar-refractivity contribution in [1.29, 1.82) is 0 Å². The summed E-state index contributed by atoms with van der Waals surface area (Å²) in [7, 11) is 1.89. The number of carbonyl (C=O) groups excluding carboxylic acids is 2. The molecule has 0 unspecified atom stereocenters. The summed E-state index contributed by atoms with van der Waals surface area (Å²) in [6.45, 7) is 0. The zero-order chi connectivity index (χ0) is 22.3. The van der Waals surface area contributed by atoms with E-state index in [1.165, 1.54) is 25.3 Å². The Morgan fingerprint density at radius 2 is 1.75 bits per heavy atom. The molecule has 3 aromatic rings. The van der Waals surface area contributed by atoms with E-state index in [0.717, 1.165) is 24.1 Å². The van der Waals surface area contributed by atoms with E-state index in [4.69, 9.17) is 0 Å². The minimum Gasteiger partial charge on any atom is -0.339 e. The molecule has 1 aliphatic carbocycles. The van der Waals surface area contributed by atoms with Crippen LogP contribution in [-0.4, -0.2) is 39.6 Å². The molecule has 0 aliphatic heterocycles. The smallest absolute Gasteiger partial charge is 0.253 e. The van der Waals surface area contributed by atoms with Gasteiger partial charge in [0.25, 0.3) is 5.91 Å². The molecule has 2 aromatic carbocycles. The van der Waals surface area contributed by atoms with Crippen molar-refractivity contribution in [2.24, 2.45) is 0 Å². The summed E-state index contributed by atoms with van der Waals surface area (Å²) in [5, 5.41) is 7.15. The Labute approximate surface area is 188 Å². The van der Waals surface area contributed by atoms with Gasteiger partial charge in [0, 0.05) is 42.2 Å². The van der Waals surface area contributed by atoms with E-state index in [-0.39, 0.29) is 11.8 Å². The number of nitrogens with zero attached hydrogens (tertiary/aromatic N) is 3. The average Bonchev–Trinajstić information content (AvgIpc) is 3.33. The maximum absolute atomic E-state index is 12.8. The second-order valence-electron chi connectivity index (χ2n) is 8.16. The Morgan fingerprint density at radius 1 is 1.03 bits per heavy atom. The van der Waals surface area contributed by atoms with Gasteiger partial charge in [-0.3, -0.25) is 9.59 Å². The third-order valence-electron chi connectivity index (χ3n) is 5.89. The summed E-state index contributed by atoms with van der Waals surface area (Å²) in [6.07, 6.45) is 12.6. The SMILES string of the molecule is CN(C(=O)c1ccc(NC(=O)C=Cc2cnn(-c3ccccc3)c2)cc1)C1CCCCC1. The number of hydrogen-bond acceptors (Lipinski definition) is 3. The van der Waals surface area contributed by atoms with Crippen LogP contribution in [0.3, 0.4) is 0 Å². The highest BCUT2D eigenvalue weighted by atomic mass is 16.2. The molecule has 0 radical (unpaired) electrons. The molecule has 1 heterocycles. The standard InChI is InChI=1S/C26H28N4O2/c1-29(23-8-4-2-5-9-23)26(32)21-13-15-22(16-14-21)28-25(31)17-12-20-18-27-30(19-20)24-10-6-3-7-11-24/h3,6-7,10-19,23H,2,4-5,8-9H2,1H3,(H,28,31). The van der Waals surface area contributed by atoms with Crippen LogP contribution >= 0.6 is 0 Å². The maximum Gasteiger partial charge on any atom is 0.253 e. The van der Waals surface area contributed by atoms with Crippen molar-refractivity contribution in [1.82, 2.24) is 14.7 Å². The van der Waals surface area contributed by atoms with Crippen molar-refractivity contribution in [3.8, 4) is 5.69 Å². The van der Waals surface area contributed by atoms with Crippen molar-refractivity contribution in [3.05, 3.63) is 84.2 Å². The fraction of sp³-hybridized carbons (Fsp3) is 0.269. The first-order valence-corrected chi connectivity index (χ1v) is 11.1. The minimum absolute atomic E-state index is 0.0325. The maximum atomic E-state index is 12.8. The highest BCUT2D eigenvalue weighted by Gasteiger charge is 2.22. The lowest BCUT2D eigenvalue weighted by atomic mass is 9.94. The summed E-state index contributed by atoms with van der Waals surface area (Å²) in [6, 6.07) is 17.2. The van der Waals surface area contributed by atoms with Gasteiger partial charge in [-0.05, 0) is 55.3 Å². The Balaban J connectivity index is 1.33. The van der Waals surface area contributed by atoms with Crippen LogP contribution in [0.2, 0.25) is 0 Å². The van der Waals surface area contributed by atoms with E-state index < -0.39 is 0 Å². The molecule has 32 heavy (non-hydrogen) atoms. The Kier molecular flexibility index (Phi) is 6.80. The summed E-state index contributed by atoms with van der Waals surface area (Å²) in [5.74, 6) is -0.207. The summed E-state index contributed by atoms with van der Waals surface area (Å²) in [4.78, 5) is 26.9. The highest BCUT2D eigenvalue weighted by Crippen LogP contribution is 2.23. The topological polar surface area (TPSA) is 67.2 Å². The molecule has 1 aromatic heterocycles. The van der Waals surface area contributed by atoms with Crippen molar-refractivity contribution < 1.29 is 9.59 Å². The predicted octanol–water partition coefficient (Wildman–Crippen LogP) is 4.93. The summed E-state index contributed by atoms with van der Waals surface area (Å²) >= 11 is 0. The van der Waals surface area contributed by atoms with Gasteiger partial charge in [0.15, 0.2) is 0 Å². The Bertz CT molecular complexity index is 1080. The number of carbonyl (C=O) groups is 2. The molecule has 2 amide bonds. The van der Waals surface area contributed by atoms with Gasteiger partial charge in [0.2, 0.25) is 5.91 Å². The van der Waals surface area contributed by atoms with E-state index in [1.54, 1.807) is 41.2 Å². The molecule has 4 rings (SSSR count). The minimum atomic E-state index is -0.240. The number of nitrogens with one attached hydrogen (secondary N) is 1. The van der Waals surface area contributed by atoms with E-state index in [2.05, 4.69) is 10.4 Å². The van der Waals surface area contributed by atoms with Crippen LogP contribution in [0, 0.1) is 0 Å². The van der Waals surface area contributed by atoms with Gasteiger partial charge in [-0.25, -0.2) is 4.68 Å². The van der Waals surface area contributed by atoms with Crippen LogP contribution in [0.5, 0.6) is 0 Å². The van der Waals surface area contributed by atoms with E-state index in [9.17, 15) is 9.59 Å². The van der Waals surface area contributed by atoms with Crippen molar-refractivity contribution in [2.45, 2.75) is 38.1 Å². The lowest BCUT2D eigenvalue weighted by Gasteiger charge is -2.31. The molecule has 1 aliphatic rings. The van der Waals surface area contributed by atoms with E-state index >= 15 is 0 Å². The number of hydrogen-bond donors (Lipinski definition) is 1. The van der Waals surface area contributed by atoms with Crippen LogP contribution in [0.1, 0.15) is 48.0 Å². The third kappa shape index (κ3) is 5.32. The van der Waals surface area contributed by atoms with Crippen LogP contribution in [-0.2, 0) is 4.79 Å². The number of amides is 2. The highest BCUT2D eigenvalue weighted by molar-refractivity contribution is 6.02. The quantitative estimate of drug-likeness (QED) is 0.566. The molecule has 6 heteroatoms. The van der Waals surface area contributed by atoms with Crippen LogP contribution in [0.4, 0.5) is 5.69 Å². The number of rotatable bonds is 6. The van der Waals surface area contributed by atoms with E-state index in [1.807, 2.05) is 48.5 Å². The van der Waals surface area contributed by atoms with Crippen molar-refractivity contribution in [3.63, 3.8) is 0 Å². The molecule has 1 N–H and O–H groups in total. The lowest BCUT2D eigenvalue weighted by Crippen LogP contribution is -2.38. The van der Waals surface area contributed by atoms with Gasteiger partial charge in [-0.15, -0.1) is 0 Å². The number of benzene rings is 2. The van der Waals surface area contributed by atoms with Crippen molar-refractivity contribution >= 4 is 23.6 Å². The average molecular weight is 429 g/mol. The summed E-state index contributed by atoms with van der Waals surface area (Å²) in [5.41, 5.74) is 3.08. The van der Waals surface area contributed by atoms with Gasteiger partial charge in [0.1, 0.15) is 0 Å². The number of para-hydroxylation sites is 1. The zero-order valence-electron chi connectivity index (χ0n) is 18.3. The normalized spacial score (nSPS) is 14.4.